The van der Waals surface area contributed by atoms with E-state index in [1.54, 1.807) is 34.8 Å². The number of hydrogen-bond donors (Lipinski definition) is 0. The molecule has 10 aromatic rings. The van der Waals surface area contributed by atoms with Crippen molar-refractivity contribution < 1.29 is 26.3 Å². The molecule has 6 aromatic heterocycles. The zero-order chi connectivity index (χ0) is 34.0. The zero-order valence-electron chi connectivity index (χ0n) is 24.5. The van der Waals surface area contributed by atoms with Crippen LogP contribution in [0.5, 0.6) is 0 Å². The lowest BCUT2D eigenvalue weighted by Gasteiger charge is -2.01. The van der Waals surface area contributed by atoms with E-state index in [4.69, 9.17) is 9.97 Å². The average Bonchev–Trinajstić information content (AvgIpc) is 3.93. The normalized spacial score (nSPS) is 12.2. The maximum absolute atomic E-state index is 14.5. The number of fused-ring (bicyclic) bond motifs is 5. The first-order valence-corrected chi connectivity index (χ1v) is 19.6. The van der Waals surface area contributed by atoms with Gasteiger partial charge in [-0.1, -0.05) is 22.7 Å². The van der Waals surface area contributed by atoms with Crippen molar-refractivity contribution >= 4 is 118 Å². The van der Waals surface area contributed by atoms with E-state index in [1.807, 2.05) is 24.3 Å². The van der Waals surface area contributed by atoms with E-state index in [0.717, 1.165) is 81.9 Å². The molecule has 50 heavy (non-hydrogen) atoms. The van der Waals surface area contributed by atoms with Gasteiger partial charge in [0.1, 0.15) is 10.0 Å². The van der Waals surface area contributed by atoms with Gasteiger partial charge in [-0.25, -0.2) is 36.3 Å². The molecule has 2 nitrogen and oxygen atoms in total. The lowest BCUT2D eigenvalue weighted by molar-refractivity contribution is 0.449. The van der Waals surface area contributed by atoms with Crippen LogP contribution in [0.3, 0.4) is 0 Å². The summed E-state index contributed by atoms with van der Waals surface area (Å²) in [6, 6.07) is 20.2. The predicted molar refractivity (Wildman–Crippen MR) is 198 cm³/mol. The second-order valence-electron chi connectivity index (χ2n) is 11.4. The maximum Gasteiger partial charge on any atom is 0.195 e. The van der Waals surface area contributed by atoms with Crippen LogP contribution in [0.4, 0.5) is 26.3 Å². The first-order chi connectivity index (χ1) is 24.2. The molecule has 0 aliphatic carbocycles. The van der Waals surface area contributed by atoms with Gasteiger partial charge in [-0.15, -0.1) is 45.3 Å². The summed E-state index contributed by atoms with van der Waals surface area (Å²) in [6.07, 6.45) is 0. The number of rotatable bonds is 4. The third-order valence-corrected chi connectivity index (χ3v) is 15.1. The van der Waals surface area contributed by atoms with E-state index >= 15 is 0 Å². The third kappa shape index (κ3) is 4.77. The fourth-order valence-electron chi connectivity index (χ4n) is 5.91. The van der Waals surface area contributed by atoms with Crippen LogP contribution in [0.15, 0.2) is 72.8 Å². The van der Waals surface area contributed by atoms with Gasteiger partial charge in [0.25, 0.3) is 0 Å². The van der Waals surface area contributed by atoms with E-state index in [-0.39, 0.29) is 11.1 Å². The molecule has 0 spiro atoms. The summed E-state index contributed by atoms with van der Waals surface area (Å²) in [7, 11) is 0. The molecule has 0 atom stereocenters. The van der Waals surface area contributed by atoms with Crippen molar-refractivity contribution in [2.24, 2.45) is 0 Å². The Morgan fingerprint density at radius 3 is 1.08 bits per heavy atom. The first kappa shape index (κ1) is 30.6. The molecule has 244 valence electrons. The van der Waals surface area contributed by atoms with Gasteiger partial charge < -0.3 is 0 Å². The van der Waals surface area contributed by atoms with Crippen molar-refractivity contribution in [2.75, 3.05) is 0 Å². The fourth-order valence-corrected chi connectivity index (χ4v) is 12.4. The van der Waals surface area contributed by atoms with Gasteiger partial charge in [0.2, 0.25) is 0 Å². The molecule has 0 radical (unpaired) electrons. The van der Waals surface area contributed by atoms with Crippen molar-refractivity contribution in [2.45, 2.75) is 0 Å². The molecule has 0 bridgehead atoms. The molecular formula is C36H12F6N2S6. The van der Waals surface area contributed by atoms with Crippen molar-refractivity contribution in [1.29, 1.82) is 0 Å². The number of thiophene rings is 4. The summed E-state index contributed by atoms with van der Waals surface area (Å²) in [5.41, 5.74) is 0.0705. The summed E-state index contributed by atoms with van der Waals surface area (Å²) in [5, 5.41) is 5.53. The minimum Gasteiger partial charge on any atom is -0.222 e. The topological polar surface area (TPSA) is 25.8 Å². The number of thiazole rings is 2. The summed E-state index contributed by atoms with van der Waals surface area (Å²) in [5.74, 6) is -7.75. The van der Waals surface area contributed by atoms with Crippen LogP contribution in [0.25, 0.3) is 90.7 Å². The molecule has 14 heteroatoms. The molecule has 4 aromatic carbocycles. The van der Waals surface area contributed by atoms with Crippen molar-refractivity contribution in [3.05, 3.63) is 108 Å². The monoisotopic (exact) mass is 778 g/mol. The van der Waals surface area contributed by atoms with Gasteiger partial charge in [-0.05, 0) is 94.3 Å². The van der Waals surface area contributed by atoms with Crippen LogP contribution in [-0.2, 0) is 0 Å². The second kappa shape index (κ2) is 11.2. The highest BCUT2D eigenvalue weighted by Gasteiger charge is 2.21. The molecule has 10 rings (SSSR count). The van der Waals surface area contributed by atoms with Crippen molar-refractivity contribution in [1.82, 2.24) is 9.97 Å². The first-order valence-electron chi connectivity index (χ1n) is 14.7. The standard InChI is InChI=1S/C36H12F6N2S6/c37-19-3-1-17(29(39)31(19)41)25-9-13-5-23-15(7-21(13)45-25)11-27(47-23)33-43-35-36(49-33)44-34(50-35)28-12-16-8-22-14(6-24(16)48-28)10-26(46-22)18-2-4-20(38)32(42)30(18)40/h1-12H. The van der Waals surface area contributed by atoms with E-state index in [9.17, 15) is 26.3 Å². The van der Waals surface area contributed by atoms with Crippen LogP contribution in [-0.4, -0.2) is 9.97 Å². The highest BCUT2D eigenvalue weighted by atomic mass is 32.1. The molecule has 0 aliphatic heterocycles. The Bertz CT molecular complexity index is 2700. The molecule has 0 aliphatic rings. The van der Waals surface area contributed by atoms with Gasteiger partial charge in [0, 0.05) is 39.7 Å². The quantitative estimate of drug-likeness (QED) is 0.131. The number of nitrogens with zero attached hydrogens (tertiary/aromatic N) is 2. The largest absolute Gasteiger partial charge is 0.222 e. The molecule has 0 fully saturated rings. The highest BCUT2D eigenvalue weighted by Crippen LogP contribution is 2.46. The van der Waals surface area contributed by atoms with Gasteiger partial charge in [-0.2, -0.15) is 0 Å². The third-order valence-electron chi connectivity index (χ3n) is 8.31. The Kier molecular flexibility index (Phi) is 6.84. The second-order valence-corrected chi connectivity index (χ2v) is 17.7. The lowest BCUT2D eigenvalue weighted by atomic mass is 10.1. The summed E-state index contributed by atoms with van der Waals surface area (Å²) in [4.78, 5) is 14.6. The number of aromatic nitrogens is 2. The van der Waals surface area contributed by atoms with Crippen molar-refractivity contribution in [3.63, 3.8) is 0 Å². The molecule has 6 heterocycles. The maximum atomic E-state index is 14.5. The fraction of sp³-hybridized carbons (Fsp3) is 0. The molecular weight excluding hydrogens is 767 g/mol. The Labute approximate surface area is 300 Å². The number of halogens is 6. The van der Waals surface area contributed by atoms with Crippen LogP contribution in [0.2, 0.25) is 0 Å². The minimum atomic E-state index is -1.47. The average molecular weight is 779 g/mol. The van der Waals surface area contributed by atoms with Gasteiger partial charge >= 0.3 is 0 Å². The SMILES string of the molecule is Fc1ccc(-c2cc3cc4sc(-c5nc6sc(-c7cc8cc9sc(-c%10ccc(F)c(F)c%10F)cc9cc8s7)nc6s5)cc4cc3s2)c(F)c1F. The van der Waals surface area contributed by atoms with Gasteiger partial charge in [-0.3, -0.25) is 0 Å². The molecule has 0 saturated carbocycles. The van der Waals surface area contributed by atoms with E-state index in [2.05, 4.69) is 12.1 Å². The molecule has 0 amide bonds. The minimum absolute atomic E-state index is 0.0352. The number of hydrogen-bond acceptors (Lipinski definition) is 8. The van der Waals surface area contributed by atoms with Crippen LogP contribution < -0.4 is 0 Å². The smallest absolute Gasteiger partial charge is 0.195 e. The summed E-state index contributed by atoms with van der Waals surface area (Å²) in [6.45, 7) is 0. The van der Waals surface area contributed by atoms with Crippen LogP contribution in [0, 0.1) is 34.9 Å². The molecule has 0 unspecified atom stereocenters. The Morgan fingerprint density at radius 1 is 0.360 bits per heavy atom. The summed E-state index contributed by atoms with van der Waals surface area (Å²) >= 11 is 8.89. The van der Waals surface area contributed by atoms with E-state index in [1.165, 1.54) is 57.5 Å². The Balaban J connectivity index is 0.942. The number of benzene rings is 4. The van der Waals surface area contributed by atoms with E-state index in [0.29, 0.717) is 9.75 Å². The Hall–Kier alpha value is -4.18. The van der Waals surface area contributed by atoms with Gasteiger partial charge in [0.05, 0.1) is 9.75 Å². The Morgan fingerprint density at radius 2 is 0.700 bits per heavy atom. The molecule has 0 N–H and O–H groups in total. The van der Waals surface area contributed by atoms with Crippen molar-refractivity contribution in [3.8, 4) is 40.7 Å². The zero-order valence-corrected chi connectivity index (χ0v) is 29.4. The van der Waals surface area contributed by atoms with Crippen LogP contribution in [0.1, 0.15) is 0 Å². The van der Waals surface area contributed by atoms with Gasteiger partial charge in [0.15, 0.2) is 44.6 Å². The lowest BCUT2D eigenvalue weighted by Crippen LogP contribution is -1.92. The highest BCUT2D eigenvalue weighted by molar-refractivity contribution is 7.33. The predicted octanol–water partition coefficient (Wildman–Crippen LogP) is 14.1. The summed E-state index contributed by atoms with van der Waals surface area (Å²) < 4.78 is 87.4. The van der Waals surface area contributed by atoms with E-state index < -0.39 is 34.9 Å². The van der Waals surface area contributed by atoms with Crippen LogP contribution >= 0.6 is 68.0 Å². The molecule has 0 saturated heterocycles.